The zero-order valence-corrected chi connectivity index (χ0v) is 16.4. The Morgan fingerprint density at radius 2 is 1.82 bits per heavy atom. The molecule has 1 aromatic rings. The molecule has 1 amide bonds. The minimum absolute atomic E-state index is 0.134. The van der Waals surface area contributed by atoms with E-state index in [-0.39, 0.29) is 11.5 Å². The first-order valence-corrected chi connectivity index (χ1v) is 9.14. The largest absolute Gasteiger partial charge is 0.481 e. The maximum Gasteiger partial charge on any atom is 0.300 e. The monoisotopic (exact) mass is 395 g/mol. The molecule has 3 N–H and O–H groups in total. The number of carbonyl (C=O) groups excluding carboxylic acids is 1. The molecule has 1 unspecified atom stereocenters. The summed E-state index contributed by atoms with van der Waals surface area (Å²) in [5, 5.41) is 18.2. The number of carbonyl (C=O) groups is 3. The van der Waals surface area contributed by atoms with Gasteiger partial charge in [0.05, 0.1) is 18.8 Å². The second kappa shape index (κ2) is 12.0. The Bertz CT molecular complexity index is 612. The summed E-state index contributed by atoms with van der Waals surface area (Å²) in [6.07, 6.45) is 5.89. The summed E-state index contributed by atoms with van der Waals surface area (Å²) in [5.74, 6) is -1.43. The average Bonchev–Trinajstić information content (AvgIpc) is 3.07. The number of carboxylic acid groups (broad SMARTS) is 2. The van der Waals surface area contributed by atoms with Crippen LogP contribution in [0.1, 0.15) is 32.3 Å². The number of amides is 1. The maximum atomic E-state index is 12.3. The molecule has 0 radical (unpaired) electrons. The number of nitrogens with zero attached hydrogens (tertiary/aromatic N) is 2. The maximum absolute atomic E-state index is 12.3. The van der Waals surface area contributed by atoms with Crippen LogP contribution in [-0.2, 0) is 25.5 Å². The number of carboxylic acids is 2. The minimum atomic E-state index is -0.833. The fourth-order valence-electron chi connectivity index (χ4n) is 3.00. The van der Waals surface area contributed by atoms with Crippen molar-refractivity contribution in [1.29, 1.82) is 0 Å². The van der Waals surface area contributed by atoms with Gasteiger partial charge in [-0.2, -0.15) is 0 Å². The number of pyridine rings is 1. The molecule has 0 aromatic carbocycles. The summed E-state index contributed by atoms with van der Waals surface area (Å²) in [6, 6.07) is 3.93. The highest BCUT2D eigenvalue weighted by Crippen LogP contribution is 2.25. The molecule has 3 heterocycles. The van der Waals surface area contributed by atoms with E-state index in [4.69, 9.17) is 24.5 Å². The first-order chi connectivity index (χ1) is 13.2. The molecular weight excluding hydrogens is 366 g/mol. The number of hydrogen-bond donors (Lipinski definition) is 3. The average molecular weight is 395 g/mol. The number of hydrogen-bond acceptors (Lipinski definition) is 6. The lowest BCUT2D eigenvalue weighted by atomic mass is 10.00. The van der Waals surface area contributed by atoms with E-state index in [9.17, 15) is 4.79 Å². The molecule has 2 aliphatic rings. The molecule has 1 atom stereocenters. The van der Waals surface area contributed by atoms with Gasteiger partial charge in [-0.05, 0) is 37.1 Å². The number of aliphatic carboxylic acids is 2. The van der Waals surface area contributed by atoms with Crippen molar-refractivity contribution in [2.24, 2.45) is 0 Å². The van der Waals surface area contributed by atoms with Gasteiger partial charge in [0.2, 0.25) is 5.91 Å². The van der Waals surface area contributed by atoms with Crippen LogP contribution < -0.4 is 5.32 Å². The van der Waals surface area contributed by atoms with Crippen molar-refractivity contribution in [2.45, 2.75) is 38.7 Å². The Labute approximate surface area is 164 Å². The van der Waals surface area contributed by atoms with Crippen LogP contribution in [0.5, 0.6) is 0 Å². The van der Waals surface area contributed by atoms with Gasteiger partial charge in [0.15, 0.2) is 0 Å². The quantitative estimate of drug-likeness (QED) is 0.685. The smallest absolute Gasteiger partial charge is 0.300 e. The number of aromatic nitrogens is 1. The zero-order chi connectivity index (χ0) is 21.0. The molecule has 1 spiro atoms. The third-order valence-corrected chi connectivity index (χ3v) is 4.18. The van der Waals surface area contributed by atoms with Crippen molar-refractivity contribution in [1.82, 2.24) is 15.2 Å². The third kappa shape index (κ3) is 9.43. The van der Waals surface area contributed by atoms with E-state index in [1.54, 1.807) is 12.4 Å². The molecule has 0 aliphatic carbocycles. The predicted molar refractivity (Wildman–Crippen MR) is 102 cm³/mol. The summed E-state index contributed by atoms with van der Waals surface area (Å²) >= 11 is 0. The molecule has 28 heavy (non-hydrogen) atoms. The number of morpholine rings is 1. The van der Waals surface area contributed by atoms with Gasteiger partial charge in [0.25, 0.3) is 11.9 Å². The lowest BCUT2D eigenvalue weighted by molar-refractivity contribution is -0.147. The Balaban J connectivity index is 0.000000420. The number of ether oxygens (including phenoxy) is 1. The van der Waals surface area contributed by atoms with Gasteiger partial charge < -0.3 is 25.2 Å². The lowest BCUT2D eigenvalue weighted by Gasteiger charge is -2.40. The van der Waals surface area contributed by atoms with Gasteiger partial charge in [-0.15, -0.1) is 0 Å². The highest BCUT2D eigenvalue weighted by atomic mass is 16.5. The van der Waals surface area contributed by atoms with Crippen molar-refractivity contribution in [3.05, 3.63) is 30.1 Å². The highest BCUT2D eigenvalue weighted by Gasteiger charge is 2.40. The van der Waals surface area contributed by atoms with Crippen LogP contribution in [0.3, 0.4) is 0 Å². The SMILES string of the molecule is CC(=O)O.CC(=O)O.O=C(CCc1ccncc1)N1CCOC2(CCNC2)C1. The zero-order valence-electron chi connectivity index (χ0n) is 16.4. The highest BCUT2D eigenvalue weighted by molar-refractivity contribution is 5.76. The summed E-state index contributed by atoms with van der Waals surface area (Å²) in [7, 11) is 0. The Morgan fingerprint density at radius 1 is 1.21 bits per heavy atom. The first-order valence-electron chi connectivity index (χ1n) is 9.14. The predicted octanol–water partition coefficient (Wildman–Crippen LogP) is 0.787. The molecule has 9 heteroatoms. The third-order valence-electron chi connectivity index (χ3n) is 4.18. The van der Waals surface area contributed by atoms with Crippen molar-refractivity contribution in [3.63, 3.8) is 0 Å². The molecule has 2 fully saturated rings. The van der Waals surface area contributed by atoms with Gasteiger partial charge >= 0.3 is 0 Å². The van der Waals surface area contributed by atoms with Gasteiger partial charge in [-0.1, -0.05) is 0 Å². The molecule has 3 rings (SSSR count). The first kappa shape index (κ1) is 23.5. The van der Waals surface area contributed by atoms with E-state index in [0.717, 1.165) is 52.9 Å². The standard InChI is InChI=1S/C15H21N3O2.2C2H4O2/c19-14(2-1-13-3-6-16-7-4-13)18-9-10-20-15(12-18)5-8-17-11-15;2*1-2(3)4/h3-4,6-7,17H,1-2,5,8-12H2;2*1H3,(H,3,4). The molecule has 2 saturated heterocycles. The summed E-state index contributed by atoms with van der Waals surface area (Å²) in [6.45, 7) is 6.12. The van der Waals surface area contributed by atoms with Gasteiger partial charge in [0.1, 0.15) is 0 Å². The molecule has 0 bridgehead atoms. The summed E-state index contributed by atoms with van der Waals surface area (Å²) in [5.41, 5.74) is 1.03. The Morgan fingerprint density at radius 3 is 2.36 bits per heavy atom. The van der Waals surface area contributed by atoms with Crippen LogP contribution in [0, 0.1) is 0 Å². The molecule has 0 saturated carbocycles. The van der Waals surface area contributed by atoms with Gasteiger partial charge in [-0.3, -0.25) is 19.4 Å². The fourth-order valence-corrected chi connectivity index (χ4v) is 3.00. The van der Waals surface area contributed by atoms with Crippen LogP contribution in [0.4, 0.5) is 0 Å². The van der Waals surface area contributed by atoms with Crippen molar-refractivity contribution in [3.8, 4) is 0 Å². The van der Waals surface area contributed by atoms with Crippen molar-refractivity contribution < 1.29 is 29.3 Å². The number of nitrogens with one attached hydrogen (secondary N) is 1. The molecular formula is C19H29N3O6. The van der Waals surface area contributed by atoms with Crippen molar-refractivity contribution in [2.75, 3.05) is 32.8 Å². The lowest BCUT2D eigenvalue weighted by Crippen LogP contribution is -2.54. The molecule has 2 aliphatic heterocycles. The second-order valence-corrected chi connectivity index (χ2v) is 6.67. The van der Waals surface area contributed by atoms with Gasteiger partial charge in [0, 0.05) is 45.8 Å². The van der Waals surface area contributed by atoms with Crippen LogP contribution in [0.15, 0.2) is 24.5 Å². The summed E-state index contributed by atoms with van der Waals surface area (Å²) < 4.78 is 5.90. The van der Waals surface area contributed by atoms with Crippen LogP contribution in [0.2, 0.25) is 0 Å². The Kier molecular flexibility index (Phi) is 10.1. The van der Waals surface area contributed by atoms with E-state index >= 15 is 0 Å². The molecule has 1 aromatic heterocycles. The Hall–Kier alpha value is -2.52. The van der Waals surface area contributed by atoms with Crippen molar-refractivity contribution >= 4 is 17.8 Å². The fraction of sp³-hybridized carbons (Fsp3) is 0.579. The summed E-state index contributed by atoms with van der Waals surface area (Å²) in [4.78, 5) is 36.3. The van der Waals surface area contributed by atoms with Crippen LogP contribution in [-0.4, -0.2) is 76.3 Å². The van der Waals surface area contributed by atoms with E-state index < -0.39 is 11.9 Å². The molecule has 156 valence electrons. The van der Waals surface area contributed by atoms with Crippen LogP contribution >= 0.6 is 0 Å². The second-order valence-electron chi connectivity index (χ2n) is 6.67. The van der Waals surface area contributed by atoms with E-state index in [2.05, 4.69) is 10.3 Å². The topological polar surface area (TPSA) is 129 Å². The number of aryl methyl sites for hydroxylation is 1. The van der Waals surface area contributed by atoms with E-state index in [1.165, 1.54) is 5.56 Å². The normalized spacial score (nSPS) is 20.4. The number of rotatable bonds is 3. The van der Waals surface area contributed by atoms with Crippen LogP contribution in [0.25, 0.3) is 0 Å². The molecule has 9 nitrogen and oxygen atoms in total. The minimum Gasteiger partial charge on any atom is -0.481 e. The van der Waals surface area contributed by atoms with E-state index in [1.807, 2.05) is 17.0 Å². The van der Waals surface area contributed by atoms with E-state index in [0.29, 0.717) is 13.0 Å². The van der Waals surface area contributed by atoms with Gasteiger partial charge in [-0.25, -0.2) is 0 Å².